The number of hydrogen-bond acceptors (Lipinski definition) is 3. The number of rotatable bonds is 5. The molecule has 2 atom stereocenters. The summed E-state index contributed by atoms with van der Waals surface area (Å²) in [6.07, 6.45) is 5.77. The van der Waals surface area contributed by atoms with Crippen molar-refractivity contribution in [2.45, 2.75) is 30.7 Å². The van der Waals surface area contributed by atoms with Gasteiger partial charge in [-0.1, -0.05) is 18.2 Å². The molecule has 25 heavy (non-hydrogen) atoms. The zero-order valence-corrected chi connectivity index (χ0v) is 14.0. The van der Waals surface area contributed by atoms with Crippen LogP contribution in [0, 0.1) is 11.7 Å². The maximum atomic E-state index is 14.2. The Labute approximate surface area is 146 Å². The summed E-state index contributed by atoms with van der Waals surface area (Å²) in [6, 6.07) is 10.5. The molecule has 4 nitrogen and oxygen atoms in total. The first kappa shape index (κ1) is 16.2. The topological polar surface area (TPSA) is 51.2 Å². The van der Waals surface area contributed by atoms with Crippen LogP contribution >= 0.6 is 0 Å². The summed E-state index contributed by atoms with van der Waals surface area (Å²) >= 11 is 0. The fraction of sp³-hybridized carbons (Fsp3) is 0.400. The third-order valence-electron chi connectivity index (χ3n) is 5.34. The van der Waals surface area contributed by atoms with Crippen LogP contribution in [0.15, 0.2) is 48.8 Å². The van der Waals surface area contributed by atoms with E-state index < -0.39 is 5.41 Å². The van der Waals surface area contributed by atoms with Crippen LogP contribution < -0.4 is 5.32 Å². The number of halogens is 1. The Morgan fingerprint density at radius 1 is 1.20 bits per heavy atom. The smallest absolute Gasteiger partial charge is 0.231 e. The summed E-state index contributed by atoms with van der Waals surface area (Å²) in [4.78, 5) is 16.9. The summed E-state index contributed by atoms with van der Waals surface area (Å²) in [7, 11) is 0. The van der Waals surface area contributed by atoms with Crippen molar-refractivity contribution in [1.29, 1.82) is 0 Å². The highest BCUT2D eigenvalue weighted by atomic mass is 19.1. The van der Waals surface area contributed by atoms with E-state index in [1.54, 1.807) is 30.6 Å². The fourth-order valence-electron chi connectivity index (χ4n) is 3.68. The van der Waals surface area contributed by atoms with Gasteiger partial charge in [0.2, 0.25) is 5.91 Å². The Hall–Kier alpha value is -2.27. The molecule has 2 heterocycles. The van der Waals surface area contributed by atoms with Crippen LogP contribution in [0.25, 0.3) is 0 Å². The number of pyridine rings is 1. The minimum absolute atomic E-state index is 0.0371. The van der Waals surface area contributed by atoms with Crippen molar-refractivity contribution in [1.82, 2.24) is 10.3 Å². The first-order chi connectivity index (χ1) is 12.2. The van der Waals surface area contributed by atoms with Crippen LogP contribution in [0.2, 0.25) is 0 Å². The number of carbonyl (C=O) groups is 1. The molecule has 130 valence electrons. The highest BCUT2D eigenvalue weighted by molar-refractivity contribution is 5.91. The Balaban J connectivity index is 1.46. The Bertz CT molecular complexity index is 761. The molecular formula is C20H21FN2O2. The fourth-order valence-corrected chi connectivity index (χ4v) is 3.68. The van der Waals surface area contributed by atoms with Crippen molar-refractivity contribution in [3.05, 3.63) is 65.7 Å². The Morgan fingerprint density at radius 2 is 1.96 bits per heavy atom. The third kappa shape index (κ3) is 3.16. The second kappa shape index (κ2) is 6.56. The lowest BCUT2D eigenvalue weighted by atomic mass is 9.91. The minimum atomic E-state index is -0.699. The second-order valence-electron chi connectivity index (χ2n) is 7.00. The summed E-state index contributed by atoms with van der Waals surface area (Å²) in [5, 5.41) is 3.13. The molecule has 0 unspecified atom stereocenters. The number of nitrogens with zero attached hydrogens (tertiary/aromatic N) is 1. The minimum Gasteiger partial charge on any atom is -0.379 e. The predicted molar refractivity (Wildman–Crippen MR) is 91.5 cm³/mol. The SMILES string of the molecule is O=C(N[C@@H]1COC[C@H]1Cc1ccncc1)C1(c2ccccc2F)CC1. The lowest BCUT2D eigenvalue weighted by molar-refractivity contribution is -0.124. The lowest BCUT2D eigenvalue weighted by Gasteiger charge is -2.23. The molecule has 0 radical (unpaired) electrons. The zero-order chi connectivity index (χ0) is 17.3. The normalized spacial score (nSPS) is 24.0. The molecule has 1 aromatic heterocycles. The quantitative estimate of drug-likeness (QED) is 0.910. The van der Waals surface area contributed by atoms with Gasteiger partial charge in [0.15, 0.2) is 0 Å². The number of ether oxygens (including phenoxy) is 1. The molecule has 1 amide bonds. The average molecular weight is 340 g/mol. The Morgan fingerprint density at radius 3 is 2.68 bits per heavy atom. The predicted octanol–water partition coefficient (Wildman–Crippen LogP) is 2.63. The first-order valence-electron chi connectivity index (χ1n) is 8.72. The number of nitrogens with one attached hydrogen (secondary N) is 1. The number of aromatic nitrogens is 1. The van der Waals surface area contributed by atoms with Crippen LogP contribution in [-0.2, 0) is 21.4 Å². The molecule has 1 N–H and O–H groups in total. The summed E-state index contributed by atoms with van der Waals surface area (Å²) in [6.45, 7) is 1.13. The number of amides is 1. The number of carbonyl (C=O) groups excluding carboxylic acids is 1. The molecule has 4 rings (SSSR count). The van der Waals surface area contributed by atoms with E-state index in [4.69, 9.17) is 4.74 Å². The molecular weight excluding hydrogens is 319 g/mol. The molecule has 1 saturated heterocycles. The maximum Gasteiger partial charge on any atom is 0.231 e. The van der Waals surface area contributed by atoms with Crippen molar-refractivity contribution in [3.8, 4) is 0 Å². The first-order valence-corrected chi connectivity index (χ1v) is 8.72. The molecule has 2 aliphatic rings. The summed E-state index contributed by atoms with van der Waals surface area (Å²) in [5.74, 6) is -0.151. The van der Waals surface area contributed by atoms with Gasteiger partial charge in [-0.3, -0.25) is 9.78 Å². The van der Waals surface area contributed by atoms with Crippen LogP contribution in [0.1, 0.15) is 24.0 Å². The van der Waals surface area contributed by atoms with Crippen LogP contribution in [0.5, 0.6) is 0 Å². The van der Waals surface area contributed by atoms with Gasteiger partial charge >= 0.3 is 0 Å². The number of benzene rings is 1. The molecule has 2 fully saturated rings. The summed E-state index contributed by atoms with van der Waals surface area (Å²) in [5.41, 5.74) is 0.992. The van der Waals surface area contributed by atoms with E-state index in [1.165, 1.54) is 11.6 Å². The van der Waals surface area contributed by atoms with E-state index >= 15 is 0 Å². The van der Waals surface area contributed by atoms with E-state index in [-0.39, 0.29) is 23.7 Å². The van der Waals surface area contributed by atoms with Gasteiger partial charge in [-0.25, -0.2) is 4.39 Å². The van der Waals surface area contributed by atoms with E-state index in [0.29, 0.717) is 31.6 Å². The molecule has 1 aliphatic heterocycles. The van der Waals surface area contributed by atoms with Crippen molar-refractivity contribution >= 4 is 5.91 Å². The van der Waals surface area contributed by atoms with Gasteiger partial charge in [0.25, 0.3) is 0 Å². The van der Waals surface area contributed by atoms with Gasteiger partial charge in [-0.15, -0.1) is 0 Å². The molecule has 1 saturated carbocycles. The van der Waals surface area contributed by atoms with Gasteiger partial charge in [0, 0.05) is 23.9 Å². The molecule has 0 spiro atoms. The monoisotopic (exact) mass is 340 g/mol. The second-order valence-corrected chi connectivity index (χ2v) is 7.00. The van der Waals surface area contributed by atoms with Gasteiger partial charge < -0.3 is 10.1 Å². The molecule has 0 bridgehead atoms. The van der Waals surface area contributed by atoms with E-state index in [2.05, 4.69) is 10.3 Å². The Kier molecular flexibility index (Phi) is 4.25. The highest BCUT2D eigenvalue weighted by Gasteiger charge is 2.53. The van der Waals surface area contributed by atoms with Gasteiger partial charge in [-0.05, 0) is 43.0 Å². The summed E-state index contributed by atoms with van der Waals surface area (Å²) < 4.78 is 19.8. The van der Waals surface area contributed by atoms with Gasteiger partial charge in [0.05, 0.1) is 24.7 Å². The van der Waals surface area contributed by atoms with E-state index in [1.807, 2.05) is 12.1 Å². The van der Waals surface area contributed by atoms with Crippen LogP contribution in [0.4, 0.5) is 4.39 Å². The van der Waals surface area contributed by atoms with Crippen molar-refractivity contribution < 1.29 is 13.9 Å². The van der Waals surface area contributed by atoms with Crippen molar-refractivity contribution in [3.63, 3.8) is 0 Å². The molecule has 5 heteroatoms. The standard InChI is InChI=1S/C20H21FN2O2/c21-17-4-2-1-3-16(17)20(7-8-20)19(24)23-18-13-25-12-15(18)11-14-5-9-22-10-6-14/h1-6,9-10,15,18H,7-8,11-13H2,(H,23,24)/t15-,18-/m1/s1. The van der Waals surface area contributed by atoms with Gasteiger partial charge in [0.1, 0.15) is 5.82 Å². The maximum absolute atomic E-state index is 14.2. The van der Waals surface area contributed by atoms with E-state index in [9.17, 15) is 9.18 Å². The zero-order valence-electron chi connectivity index (χ0n) is 14.0. The number of hydrogen-bond donors (Lipinski definition) is 1. The van der Waals surface area contributed by atoms with Crippen molar-refractivity contribution in [2.24, 2.45) is 5.92 Å². The molecule has 1 aromatic carbocycles. The molecule has 2 aromatic rings. The average Bonchev–Trinajstić information content (AvgIpc) is 3.33. The molecule has 1 aliphatic carbocycles. The largest absolute Gasteiger partial charge is 0.379 e. The van der Waals surface area contributed by atoms with Crippen LogP contribution in [-0.4, -0.2) is 30.1 Å². The third-order valence-corrected chi connectivity index (χ3v) is 5.34. The van der Waals surface area contributed by atoms with Crippen molar-refractivity contribution in [2.75, 3.05) is 13.2 Å². The van der Waals surface area contributed by atoms with E-state index in [0.717, 1.165) is 6.42 Å². The van der Waals surface area contributed by atoms with Gasteiger partial charge in [-0.2, -0.15) is 0 Å². The van der Waals surface area contributed by atoms with Crippen LogP contribution in [0.3, 0.4) is 0 Å². The lowest BCUT2D eigenvalue weighted by Crippen LogP contribution is -2.45. The highest BCUT2D eigenvalue weighted by Crippen LogP contribution is 2.49.